The van der Waals surface area contributed by atoms with Gasteiger partial charge in [0.1, 0.15) is 11.9 Å². The molecule has 0 radical (unpaired) electrons. The topological polar surface area (TPSA) is 26.3 Å². The highest BCUT2D eigenvalue weighted by molar-refractivity contribution is 6.13. The molecule has 0 rings (SSSR count). The Kier molecular flexibility index (Phi) is 2.98. The van der Waals surface area contributed by atoms with Crippen molar-refractivity contribution in [2.75, 3.05) is 0 Å². The third-order valence-electron chi connectivity index (χ3n) is 0.761. The lowest BCUT2D eigenvalue weighted by molar-refractivity contribution is -0.135. The van der Waals surface area contributed by atoms with Crippen LogP contribution in [0.5, 0.6) is 0 Å². The fourth-order valence-electron chi connectivity index (χ4n) is 0.460. The van der Waals surface area contributed by atoms with Crippen LogP contribution in [0.1, 0.15) is 27.2 Å². The van der Waals surface area contributed by atoms with Crippen LogP contribution in [0.2, 0.25) is 0 Å². The summed E-state index contributed by atoms with van der Waals surface area (Å²) in [7, 11) is 0. The smallest absolute Gasteiger partial charge is 0.325 e. The molecule has 0 atom stereocenters. The maximum absolute atomic E-state index is 10.5. The highest BCUT2D eigenvalue weighted by atomic mass is 35.5. The van der Waals surface area contributed by atoms with Crippen LogP contribution in [-0.4, -0.2) is 5.97 Å². The molecule has 0 aliphatic heterocycles. The Morgan fingerprint density at radius 1 is 1.56 bits per heavy atom. The van der Waals surface area contributed by atoms with Crippen molar-refractivity contribution < 1.29 is 9.08 Å². The Hall–Kier alpha value is -0.240. The molecule has 3 heteroatoms. The van der Waals surface area contributed by atoms with E-state index >= 15 is 0 Å². The molecule has 0 saturated heterocycles. The van der Waals surface area contributed by atoms with Gasteiger partial charge in [-0.1, -0.05) is 20.8 Å². The number of carbonyl (C=O) groups excluding carboxylic acids is 1. The highest BCUT2D eigenvalue weighted by Gasteiger charge is 2.16. The first-order valence-corrected chi connectivity index (χ1v) is 3.08. The van der Waals surface area contributed by atoms with E-state index in [1.165, 1.54) is 0 Å². The van der Waals surface area contributed by atoms with Gasteiger partial charge in [0.2, 0.25) is 0 Å². The van der Waals surface area contributed by atoms with E-state index in [1.54, 1.807) is 0 Å². The van der Waals surface area contributed by atoms with Gasteiger partial charge < -0.3 is 4.29 Å². The molecular weight excluding hydrogens is 140 g/mol. The summed E-state index contributed by atoms with van der Waals surface area (Å²) in [6.07, 6.45) is 0.358. The average Bonchev–Trinajstić information content (AvgIpc) is 1.62. The van der Waals surface area contributed by atoms with Gasteiger partial charge in [0, 0.05) is 0 Å². The van der Waals surface area contributed by atoms with Crippen LogP contribution in [0.3, 0.4) is 0 Å². The summed E-state index contributed by atoms with van der Waals surface area (Å²) in [4.78, 5) is 10.5. The minimum atomic E-state index is -0.371. The number of hydrogen-bond acceptors (Lipinski definition) is 2. The molecule has 0 aliphatic rings. The van der Waals surface area contributed by atoms with Crippen molar-refractivity contribution in [1.29, 1.82) is 0 Å². The number of rotatable bonds is 1. The molecule has 0 aliphatic carbocycles. The molecule has 0 amide bonds. The van der Waals surface area contributed by atoms with Crippen molar-refractivity contribution in [3.63, 3.8) is 0 Å². The van der Waals surface area contributed by atoms with Crippen molar-refractivity contribution in [1.82, 2.24) is 0 Å². The van der Waals surface area contributed by atoms with Gasteiger partial charge in [0.05, 0.1) is 6.42 Å². The van der Waals surface area contributed by atoms with Gasteiger partial charge in [-0.25, -0.2) is 0 Å². The molecule has 0 heterocycles. The minimum Gasteiger partial charge on any atom is -0.348 e. The van der Waals surface area contributed by atoms with Gasteiger partial charge in [-0.3, -0.25) is 4.79 Å². The van der Waals surface area contributed by atoms with Gasteiger partial charge >= 0.3 is 5.97 Å². The van der Waals surface area contributed by atoms with Crippen LogP contribution in [-0.2, 0) is 9.08 Å². The summed E-state index contributed by atoms with van der Waals surface area (Å²) in [5, 5.41) is 0. The predicted octanol–water partition coefficient (Wildman–Crippen LogP) is 2.12. The monoisotopic (exact) mass is 150 g/mol. The van der Waals surface area contributed by atoms with E-state index in [4.69, 9.17) is 11.9 Å². The average molecular weight is 151 g/mol. The van der Waals surface area contributed by atoms with E-state index in [-0.39, 0.29) is 11.4 Å². The van der Waals surface area contributed by atoms with E-state index in [0.29, 0.717) is 6.42 Å². The van der Waals surface area contributed by atoms with Crippen LogP contribution in [0.15, 0.2) is 0 Å². The summed E-state index contributed by atoms with van der Waals surface area (Å²) in [6, 6.07) is 0. The van der Waals surface area contributed by atoms with Crippen molar-refractivity contribution in [2.24, 2.45) is 5.41 Å². The van der Waals surface area contributed by atoms with E-state index in [0.717, 1.165) is 0 Å². The number of carbonyl (C=O) groups is 1. The molecule has 0 aromatic rings. The first-order valence-electron chi connectivity index (χ1n) is 2.77. The van der Waals surface area contributed by atoms with Crippen LogP contribution in [0, 0.1) is 5.41 Å². The Morgan fingerprint density at radius 2 is 2.00 bits per heavy atom. The molecule has 54 valence electrons. The molecule has 0 bridgehead atoms. The molecule has 0 spiro atoms. The van der Waals surface area contributed by atoms with E-state index in [1.807, 2.05) is 20.8 Å². The van der Waals surface area contributed by atoms with Crippen LogP contribution in [0.25, 0.3) is 0 Å². The molecule has 0 aromatic heterocycles. The zero-order valence-corrected chi connectivity index (χ0v) is 6.66. The second kappa shape index (κ2) is 3.06. The van der Waals surface area contributed by atoms with E-state index in [2.05, 4.69) is 4.29 Å². The van der Waals surface area contributed by atoms with Crippen LogP contribution >= 0.6 is 11.9 Å². The van der Waals surface area contributed by atoms with Gasteiger partial charge in [-0.2, -0.15) is 0 Å². The van der Waals surface area contributed by atoms with Gasteiger partial charge in [-0.05, 0) is 5.41 Å². The number of hydrogen-bond donors (Lipinski definition) is 0. The van der Waals surface area contributed by atoms with E-state index in [9.17, 15) is 4.79 Å². The highest BCUT2D eigenvalue weighted by Crippen LogP contribution is 2.18. The molecule has 9 heavy (non-hydrogen) atoms. The lowest BCUT2D eigenvalue weighted by Gasteiger charge is -2.14. The van der Waals surface area contributed by atoms with Crippen molar-refractivity contribution in [3.8, 4) is 0 Å². The Bertz CT molecular complexity index is 104. The predicted molar refractivity (Wildman–Crippen MR) is 36.0 cm³/mol. The molecule has 0 aromatic carbocycles. The quantitative estimate of drug-likeness (QED) is 0.573. The lowest BCUT2D eigenvalue weighted by atomic mass is 9.93. The molecule has 2 nitrogen and oxygen atoms in total. The maximum Gasteiger partial charge on any atom is 0.325 e. The zero-order chi connectivity index (χ0) is 7.49. The lowest BCUT2D eigenvalue weighted by Crippen LogP contribution is -2.12. The molecule has 0 saturated carbocycles. The van der Waals surface area contributed by atoms with Crippen LogP contribution < -0.4 is 0 Å². The number of halogens is 1. The van der Waals surface area contributed by atoms with Gasteiger partial charge in [-0.15, -0.1) is 0 Å². The van der Waals surface area contributed by atoms with Crippen molar-refractivity contribution in [3.05, 3.63) is 0 Å². The zero-order valence-electron chi connectivity index (χ0n) is 5.90. The molecule has 0 N–H and O–H groups in total. The summed E-state index contributed by atoms with van der Waals surface area (Å²) >= 11 is 4.81. The van der Waals surface area contributed by atoms with Gasteiger partial charge in [0.15, 0.2) is 0 Å². The van der Waals surface area contributed by atoms with Crippen molar-refractivity contribution >= 4 is 17.8 Å². The third-order valence-corrected chi connectivity index (χ3v) is 0.933. The summed E-state index contributed by atoms with van der Waals surface area (Å²) in [6.45, 7) is 5.84. The van der Waals surface area contributed by atoms with Crippen molar-refractivity contribution in [2.45, 2.75) is 27.2 Å². The molecule has 0 fully saturated rings. The second-order valence-corrected chi connectivity index (χ2v) is 3.34. The third kappa shape index (κ3) is 5.63. The van der Waals surface area contributed by atoms with Gasteiger partial charge in [0.25, 0.3) is 0 Å². The van der Waals surface area contributed by atoms with Crippen LogP contribution in [0.4, 0.5) is 0 Å². The minimum absolute atomic E-state index is 0.0357. The standard InChI is InChI=1S/C6H11ClO2/c1-6(2,3)4-5(8)9-7/h4H2,1-3H3. The fourth-order valence-corrected chi connectivity index (χ4v) is 0.515. The SMILES string of the molecule is CC(C)(C)CC(=O)OCl. The Balaban J connectivity index is 3.60. The maximum atomic E-state index is 10.5. The summed E-state index contributed by atoms with van der Waals surface area (Å²) in [5.74, 6) is -0.371. The normalized spacial score (nSPS) is 11.1. The first kappa shape index (κ1) is 8.76. The molecular formula is C6H11ClO2. The Morgan fingerprint density at radius 3 is 2.11 bits per heavy atom. The molecule has 0 unspecified atom stereocenters. The summed E-state index contributed by atoms with van der Waals surface area (Å²) < 4.78 is 3.96. The fraction of sp³-hybridized carbons (Fsp3) is 0.833. The van der Waals surface area contributed by atoms with E-state index < -0.39 is 0 Å². The summed E-state index contributed by atoms with van der Waals surface area (Å²) in [5.41, 5.74) is -0.0357. The Labute approximate surface area is 60.3 Å². The largest absolute Gasteiger partial charge is 0.348 e. The first-order chi connectivity index (χ1) is 3.95. The second-order valence-electron chi connectivity index (χ2n) is 3.19.